The van der Waals surface area contributed by atoms with Crippen molar-refractivity contribution in [2.24, 2.45) is 0 Å². The highest BCUT2D eigenvalue weighted by Crippen LogP contribution is 2.46. The largest absolute Gasteiger partial charge is 0.472 e. The fourth-order valence-corrected chi connectivity index (χ4v) is 4.26. The number of aliphatic hydroxyl groups excluding tert-OH is 10. The molecule has 0 radical (unpaired) electrons. The second-order valence-electron chi connectivity index (χ2n) is 8.90. The molecule has 0 aromatic heterocycles. The molecule has 1 saturated heterocycles. The molecule has 1 aliphatic rings. The summed E-state index contributed by atoms with van der Waals surface area (Å²) in [6.45, 7) is -5.78. The summed E-state index contributed by atoms with van der Waals surface area (Å²) in [5, 5.41) is 95.4. The van der Waals surface area contributed by atoms with Crippen molar-refractivity contribution in [3.8, 4) is 0 Å². The fourth-order valence-electron chi connectivity index (χ4n) is 3.32. The van der Waals surface area contributed by atoms with Crippen molar-refractivity contribution in [2.75, 3.05) is 46.8 Å². The smallest absolute Gasteiger partial charge is 0.394 e. The molecule has 0 aromatic rings. The van der Waals surface area contributed by atoms with Gasteiger partial charge in [0.05, 0.1) is 39.6 Å². The van der Waals surface area contributed by atoms with Crippen molar-refractivity contribution < 1.29 is 97.3 Å². The molecule has 14 atom stereocenters. The second kappa shape index (κ2) is 18.3. The molecule has 21 heteroatoms. The van der Waals surface area contributed by atoms with E-state index < -0.39 is 127 Å². The number of hydrogen-bond donors (Lipinski definition) is 11. The number of halogens is 2. The van der Waals surface area contributed by atoms with E-state index in [9.17, 15) is 59.1 Å². The zero-order valence-electron chi connectivity index (χ0n) is 21.7. The van der Waals surface area contributed by atoms with Gasteiger partial charge in [-0.25, -0.2) is 13.3 Å². The minimum atomic E-state index is -5.35. The van der Waals surface area contributed by atoms with Crippen molar-refractivity contribution in [2.45, 2.75) is 79.9 Å². The van der Waals surface area contributed by atoms with E-state index in [0.717, 1.165) is 7.11 Å². The Labute approximate surface area is 232 Å². The minimum absolute atomic E-state index is 0.731. The Morgan fingerprint density at radius 3 is 1.98 bits per heavy atom. The van der Waals surface area contributed by atoms with E-state index in [0.29, 0.717) is 0 Å². The number of ether oxygens (including phenoxy) is 4. The van der Waals surface area contributed by atoms with Crippen LogP contribution in [0.2, 0.25) is 0 Å². The van der Waals surface area contributed by atoms with E-state index in [1.165, 1.54) is 0 Å². The van der Waals surface area contributed by atoms with Crippen LogP contribution in [0, 0.1) is 0 Å². The molecule has 0 bridgehead atoms. The van der Waals surface area contributed by atoms with Gasteiger partial charge in [-0.05, 0) is 0 Å². The number of rotatable bonds is 21. The van der Waals surface area contributed by atoms with Crippen molar-refractivity contribution in [1.29, 1.82) is 0 Å². The van der Waals surface area contributed by atoms with Crippen LogP contribution >= 0.6 is 7.82 Å². The topological polar surface area (TPSA) is 295 Å². The lowest BCUT2D eigenvalue weighted by molar-refractivity contribution is -0.187. The Balaban J connectivity index is 2.69. The summed E-state index contributed by atoms with van der Waals surface area (Å²) >= 11 is 0. The van der Waals surface area contributed by atoms with Crippen molar-refractivity contribution in [1.82, 2.24) is 0 Å². The average Bonchev–Trinajstić information content (AvgIpc) is 3.23. The molecule has 0 aliphatic carbocycles. The summed E-state index contributed by atoms with van der Waals surface area (Å²) in [4.78, 5) is 9.98. The van der Waals surface area contributed by atoms with E-state index in [1.807, 2.05) is 0 Å². The Hall–Kier alpha value is -0.590. The third kappa shape index (κ3) is 11.8. The molecule has 0 aromatic carbocycles. The Morgan fingerprint density at radius 1 is 0.902 bits per heavy atom. The van der Waals surface area contributed by atoms with Gasteiger partial charge in [-0.1, -0.05) is 0 Å². The maximum atomic E-state index is 14.7. The van der Waals surface area contributed by atoms with Gasteiger partial charge in [0.15, 0.2) is 18.6 Å². The van der Waals surface area contributed by atoms with Crippen molar-refractivity contribution in [3.63, 3.8) is 0 Å². The standard InChI is InChI=1S/C20H39F2O18P/c1-35-13(4-25)18(19(22)36-5-9(27)15(30)8(26)2-23)40-41(33,34)38-7-11(29)16(31)10(28)6-37-20-14(21)17(32)12(3-24)39-20/h8-20,23-32H,2-7H2,1H3,(H,33,34). The van der Waals surface area contributed by atoms with Gasteiger partial charge in [-0.2, -0.15) is 0 Å². The summed E-state index contributed by atoms with van der Waals surface area (Å²) in [5.41, 5.74) is 0. The van der Waals surface area contributed by atoms with Gasteiger partial charge in [0.1, 0.15) is 54.9 Å². The first-order chi connectivity index (χ1) is 19.1. The number of hydrogen-bond acceptors (Lipinski definition) is 17. The normalized spacial score (nSPS) is 29.6. The molecule has 1 aliphatic heterocycles. The van der Waals surface area contributed by atoms with E-state index in [2.05, 4.69) is 13.8 Å². The van der Waals surface area contributed by atoms with Gasteiger partial charge in [0.25, 0.3) is 0 Å². The summed E-state index contributed by atoms with van der Waals surface area (Å²) in [5.74, 6) is 0. The van der Waals surface area contributed by atoms with Crippen LogP contribution in [-0.2, 0) is 32.6 Å². The van der Waals surface area contributed by atoms with Crippen molar-refractivity contribution in [3.05, 3.63) is 0 Å². The zero-order valence-corrected chi connectivity index (χ0v) is 22.6. The van der Waals surface area contributed by atoms with Crippen LogP contribution in [-0.4, -0.2) is 183 Å². The molecular weight excluding hydrogens is 597 g/mol. The zero-order chi connectivity index (χ0) is 31.5. The van der Waals surface area contributed by atoms with E-state index in [4.69, 9.17) is 24.4 Å². The number of methoxy groups -OCH3 is 1. The van der Waals surface area contributed by atoms with Crippen LogP contribution in [0.1, 0.15) is 0 Å². The van der Waals surface area contributed by atoms with Gasteiger partial charge in [-0.3, -0.25) is 9.05 Å². The van der Waals surface area contributed by atoms with E-state index in [1.54, 1.807) is 0 Å². The molecular formula is C20H39F2O18P. The highest BCUT2D eigenvalue weighted by molar-refractivity contribution is 7.47. The maximum absolute atomic E-state index is 14.7. The van der Waals surface area contributed by atoms with Crippen LogP contribution < -0.4 is 0 Å². The van der Waals surface area contributed by atoms with Crippen LogP contribution in [0.5, 0.6) is 0 Å². The summed E-state index contributed by atoms with van der Waals surface area (Å²) in [6.07, 6.45) is -25.4. The summed E-state index contributed by atoms with van der Waals surface area (Å²) < 4.78 is 69.3. The highest BCUT2D eigenvalue weighted by Gasteiger charge is 2.45. The van der Waals surface area contributed by atoms with Crippen LogP contribution in [0.15, 0.2) is 0 Å². The molecule has 1 fully saturated rings. The monoisotopic (exact) mass is 636 g/mol. The molecule has 11 N–H and O–H groups in total. The Kier molecular flexibility index (Phi) is 17.1. The number of phosphoric acid groups is 1. The van der Waals surface area contributed by atoms with Gasteiger partial charge in [0.2, 0.25) is 6.36 Å². The quantitative estimate of drug-likeness (QED) is 0.0523. The van der Waals surface area contributed by atoms with Crippen LogP contribution in [0.3, 0.4) is 0 Å². The van der Waals surface area contributed by atoms with Crippen molar-refractivity contribution >= 4 is 7.82 Å². The van der Waals surface area contributed by atoms with E-state index in [-0.39, 0.29) is 0 Å². The lowest BCUT2D eigenvalue weighted by atomic mass is 10.1. The molecule has 18 nitrogen and oxygen atoms in total. The SMILES string of the molecule is COC(CO)C(OP(=O)(O)OCC(O)C(O)C(O)COC1OC(CO)C(O)C1F)C(F)OCC(O)C(O)C(O)CO. The molecule has 14 unspecified atom stereocenters. The Morgan fingerprint density at radius 2 is 1.46 bits per heavy atom. The van der Waals surface area contributed by atoms with Gasteiger partial charge < -0.3 is 74.9 Å². The third-order valence-corrected chi connectivity index (χ3v) is 6.83. The summed E-state index contributed by atoms with van der Waals surface area (Å²) in [7, 11) is -4.40. The first-order valence-corrected chi connectivity index (χ1v) is 13.6. The van der Waals surface area contributed by atoms with Gasteiger partial charge in [-0.15, -0.1) is 0 Å². The predicted molar refractivity (Wildman–Crippen MR) is 125 cm³/mol. The minimum Gasteiger partial charge on any atom is -0.394 e. The van der Waals surface area contributed by atoms with Crippen LogP contribution in [0.4, 0.5) is 8.78 Å². The number of phosphoric ester groups is 1. The molecule has 1 heterocycles. The van der Waals surface area contributed by atoms with Crippen LogP contribution in [0.25, 0.3) is 0 Å². The fraction of sp³-hybridized carbons (Fsp3) is 1.00. The lowest BCUT2D eigenvalue weighted by Gasteiger charge is -2.30. The first-order valence-electron chi connectivity index (χ1n) is 12.1. The second-order valence-corrected chi connectivity index (χ2v) is 10.3. The Bertz CT molecular complexity index is 770. The summed E-state index contributed by atoms with van der Waals surface area (Å²) in [6, 6.07) is 0. The molecule has 246 valence electrons. The molecule has 0 saturated carbocycles. The van der Waals surface area contributed by atoms with E-state index >= 15 is 0 Å². The first kappa shape index (κ1) is 38.4. The number of alkyl halides is 2. The molecule has 1 rings (SSSR count). The molecule has 0 amide bonds. The number of aliphatic hydroxyl groups is 10. The van der Waals surface area contributed by atoms with Gasteiger partial charge in [0, 0.05) is 7.11 Å². The molecule has 41 heavy (non-hydrogen) atoms. The lowest BCUT2D eigenvalue weighted by Crippen LogP contribution is -2.46. The highest BCUT2D eigenvalue weighted by atomic mass is 31.2. The predicted octanol–water partition coefficient (Wildman–Crippen LogP) is -5.60. The van der Waals surface area contributed by atoms with Gasteiger partial charge >= 0.3 is 7.82 Å². The third-order valence-electron chi connectivity index (χ3n) is 5.85. The average molecular weight is 636 g/mol. The maximum Gasteiger partial charge on any atom is 0.472 e. The molecule has 0 spiro atoms.